The molecule has 2 heterocycles. The van der Waals surface area contributed by atoms with E-state index in [1.807, 2.05) is 14.0 Å². The molecule has 3 rings (SSSR count). The summed E-state index contributed by atoms with van der Waals surface area (Å²) in [6, 6.07) is 3.90. The van der Waals surface area contributed by atoms with Crippen molar-refractivity contribution in [1.29, 1.82) is 0 Å². The van der Waals surface area contributed by atoms with Gasteiger partial charge in [-0.2, -0.15) is 13.2 Å². The maximum absolute atomic E-state index is 13.8. The molecule has 34 heavy (non-hydrogen) atoms. The smallest absolute Gasteiger partial charge is 0.358 e. The quantitative estimate of drug-likeness (QED) is 0.316. The second kappa shape index (κ2) is 11.1. The minimum absolute atomic E-state index is 0.0411. The molecule has 0 atom stereocenters. The van der Waals surface area contributed by atoms with Crippen molar-refractivity contribution in [1.82, 2.24) is 14.9 Å². The normalized spacial score (nSPS) is 12.1. The third-order valence-electron chi connectivity index (χ3n) is 6.46. The number of hydrogen-bond acceptors (Lipinski definition) is 2. The van der Waals surface area contributed by atoms with Gasteiger partial charge in [0, 0.05) is 53.6 Å². The molecule has 2 N–H and O–H groups in total. The van der Waals surface area contributed by atoms with Crippen molar-refractivity contribution in [2.75, 3.05) is 13.6 Å². The molecule has 3 aromatic rings. The van der Waals surface area contributed by atoms with Crippen molar-refractivity contribution in [3.8, 4) is 0 Å². The van der Waals surface area contributed by atoms with Gasteiger partial charge >= 0.3 is 6.18 Å². The Morgan fingerprint density at radius 3 is 2.32 bits per heavy atom. The molecule has 5 nitrogen and oxygen atoms in total. The monoisotopic (exact) mass is 477 g/mol. The number of aromatic nitrogens is 2. The molecule has 2 aromatic heterocycles. The zero-order valence-corrected chi connectivity index (χ0v) is 20.2. The van der Waals surface area contributed by atoms with E-state index in [1.165, 1.54) is 6.07 Å². The molecule has 0 fully saturated rings. The lowest BCUT2D eigenvalue weighted by Crippen LogP contribution is -2.27. The Labute approximate surface area is 197 Å². The van der Waals surface area contributed by atoms with Gasteiger partial charge in [0.25, 0.3) is 0 Å². The van der Waals surface area contributed by atoms with Gasteiger partial charge in [-0.25, -0.2) is 0 Å². The number of halogens is 3. The number of amides is 1. The van der Waals surface area contributed by atoms with E-state index in [9.17, 15) is 22.8 Å². The fraction of sp³-hybridized carbons (Fsp3) is 0.538. The summed E-state index contributed by atoms with van der Waals surface area (Å²) < 4.78 is 41.5. The van der Waals surface area contributed by atoms with Crippen LogP contribution in [0.4, 0.5) is 13.2 Å². The summed E-state index contributed by atoms with van der Waals surface area (Å²) in [5.74, 6) is 0.141. The number of carbonyl (C=O) groups excluding carboxylic acids is 1. The number of unbranched alkanes of at least 4 members (excludes halogenated alkanes) is 4. The Morgan fingerprint density at radius 1 is 0.971 bits per heavy atom. The fourth-order valence-electron chi connectivity index (χ4n) is 4.64. The first-order valence-electron chi connectivity index (χ1n) is 12.2. The van der Waals surface area contributed by atoms with Crippen LogP contribution in [-0.2, 0) is 23.8 Å². The third kappa shape index (κ3) is 5.83. The summed E-state index contributed by atoms with van der Waals surface area (Å²) in [6.07, 6.45) is 2.71. The summed E-state index contributed by atoms with van der Waals surface area (Å²) in [7, 11) is 1.84. The number of nitrogens with one attached hydrogen (secondary N) is 2. The molecule has 0 bridgehead atoms. The number of fused-ring (bicyclic) bond motifs is 3. The molecule has 0 spiro atoms. The molecule has 186 valence electrons. The molecule has 0 aliphatic rings. The van der Waals surface area contributed by atoms with Crippen molar-refractivity contribution in [3.63, 3.8) is 0 Å². The van der Waals surface area contributed by atoms with E-state index in [0.29, 0.717) is 36.2 Å². The minimum atomic E-state index is -4.63. The number of hydrogen-bond donors (Lipinski definition) is 2. The first-order chi connectivity index (χ1) is 16.2. The van der Waals surface area contributed by atoms with E-state index in [0.717, 1.165) is 56.3 Å². The number of pyridine rings is 1. The largest absolute Gasteiger partial charge is 0.417 e. The average molecular weight is 478 g/mol. The molecule has 1 amide bonds. The number of benzene rings is 1. The van der Waals surface area contributed by atoms with Gasteiger partial charge in [-0.1, -0.05) is 33.1 Å². The molecular weight excluding hydrogens is 443 g/mol. The highest BCUT2D eigenvalue weighted by molar-refractivity contribution is 6.09. The van der Waals surface area contributed by atoms with Crippen LogP contribution in [0.15, 0.2) is 23.0 Å². The molecule has 0 saturated carbocycles. The second-order valence-electron chi connectivity index (χ2n) is 8.97. The van der Waals surface area contributed by atoms with Crippen LogP contribution in [0.1, 0.15) is 75.6 Å². The summed E-state index contributed by atoms with van der Waals surface area (Å²) in [5, 5.41) is 0.573. The van der Waals surface area contributed by atoms with Crippen LogP contribution < -0.4 is 5.56 Å². The number of alkyl halides is 3. The molecule has 0 aliphatic carbocycles. The zero-order valence-electron chi connectivity index (χ0n) is 20.2. The molecule has 0 unspecified atom stereocenters. The van der Waals surface area contributed by atoms with E-state index >= 15 is 0 Å². The molecule has 0 radical (unpaired) electrons. The highest BCUT2D eigenvalue weighted by Crippen LogP contribution is 2.39. The van der Waals surface area contributed by atoms with Crippen molar-refractivity contribution in [2.24, 2.45) is 0 Å². The van der Waals surface area contributed by atoms with Gasteiger partial charge in [-0.3, -0.25) is 9.59 Å². The van der Waals surface area contributed by atoms with Crippen molar-refractivity contribution in [3.05, 3.63) is 45.4 Å². The van der Waals surface area contributed by atoms with Crippen LogP contribution in [0, 0.1) is 0 Å². The van der Waals surface area contributed by atoms with Gasteiger partial charge in [0.2, 0.25) is 11.5 Å². The van der Waals surface area contributed by atoms with Gasteiger partial charge in [0.15, 0.2) is 0 Å². The predicted octanol–water partition coefficient (Wildman–Crippen LogP) is 6.34. The topological polar surface area (TPSA) is 69.0 Å². The Morgan fingerprint density at radius 2 is 1.68 bits per heavy atom. The standard InChI is InChI=1S/C26H34F3N3O2/c1-4-6-10-15-32(3)23(34)12-9-7-8-11-17-19(5-2)30-20-13-14-21-25(24(17)20)18(26(27,28)29)16-22(33)31-21/h13-14,16,30H,4-12,15H2,1-3H3,(H,31,33). The van der Waals surface area contributed by atoms with Crippen molar-refractivity contribution >= 4 is 27.7 Å². The number of rotatable bonds is 11. The van der Waals surface area contributed by atoms with Crippen molar-refractivity contribution in [2.45, 2.75) is 77.8 Å². The lowest BCUT2D eigenvalue weighted by molar-refractivity contribution is -0.136. The van der Waals surface area contributed by atoms with E-state index in [2.05, 4.69) is 16.9 Å². The number of H-pyrrole nitrogens is 2. The first kappa shape index (κ1) is 25.8. The van der Waals surface area contributed by atoms with Crippen LogP contribution in [0.25, 0.3) is 21.8 Å². The van der Waals surface area contributed by atoms with Crippen molar-refractivity contribution < 1.29 is 18.0 Å². The molecule has 1 aromatic carbocycles. The van der Waals surface area contributed by atoms with Gasteiger partial charge < -0.3 is 14.9 Å². The van der Waals surface area contributed by atoms with Gasteiger partial charge in [-0.05, 0) is 49.8 Å². The number of aryl methyl sites for hydroxylation is 2. The van der Waals surface area contributed by atoms with Gasteiger partial charge in [-0.15, -0.1) is 0 Å². The summed E-state index contributed by atoms with van der Waals surface area (Å²) in [6.45, 7) is 4.88. The second-order valence-corrected chi connectivity index (χ2v) is 8.97. The molecule has 0 aliphatic heterocycles. The fourth-order valence-corrected chi connectivity index (χ4v) is 4.64. The molecular formula is C26H34F3N3O2. The third-order valence-corrected chi connectivity index (χ3v) is 6.46. The van der Waals surface area contributed by atoms with E-state index in [4.69, 9.17) is 0 Å². The van der Waals surface area contributed by atoms with E-state index in [1.54, 1.807) is 11.0 Å². The Hall–Kier alpha value is -2.77. The van der Waals surface area contributed by atoms with Crippen LogP contribution in [0.5, 0.6) is 0 Å². The van der Waals surface area contributed by atoms with E-state index in [-0.39, 0.29) is 16.8 Å². The molecule has 8 heteroatoms. The van der Waals surface area contributed by atoms with Crippen LogP contribution >= 0.6 is 0 Å². The summed E-state index contributed by atoms with van der Waals surface area (Å²) in [5.41, 5.74) is 0.928. The van der Waals surface area contributed by atoms with Gasteiger partial charge in [0.05, 0.1) is 5.56 Å². The zero-order chi connectivity index (χ0) is 24.9. The lowest BCUT2D eigenvalue weighted by atomic mass is 9.96. The van der Waals surface area contributed by atoms with Crippen LogP contribution in [0.3, 0.4) is 0 Å². The van der Waals surface area contributed by atoms with Crippen LogP contribution in [0.2, 0.25) is 0 Å². The van der Waals surface area contributed by atoms with Crippen LogP contribution in [-0.4, -0.2) is 34.4 Å². The Bertz CT molecular complexity index is 1190. The Balaban J connectivity index is 1.79. The Kier molecular flexibility index (Phi) is 8.44. The highest BCUT2D eigenvalue weighted by Gasteiger charge is 2.34. The SMILES string of the molecule is CCCCCN(C)C(=O)CCCCCc1c(CC)[nH]c2ccc3[nH]c(=O)cc(C(F)(F)F)c3c12. The first-order valence-corrected chi connectivity index (χ1v) is 12.2. The minimum Gasteiger partial charge on any atom is -0.358 e. The number of aromatic amines is 2. The molecule has 0 saturated heterocycles. The maximum atomic E-state index is 13.8. The number of carbonyl (C=O) groups is 1. The highest BCUT2D eigenvalue weighted by atomic mass is 19.4. The maximum Gasteiger partial charge on any atom is 0.417 e. The number of nitrogens with zero attached hydrogens (tertiary/aromatic N) is 1. The van der Waals surface area contributed by atoms with Gasteiger partial charge in [0.1, 0.15) is 0 Å². The summed E-state index contributed by atoms with van der Waals surface area (Å²) in [4.78, 5) is 31.8. The summed E-state index contributed by atoms with van der Waals surface area (Å²) >= 11 is 0. The lowest BCUT2D eigenvalue weighted by Gasteiger charge is -2.16. The van der Waals surface area contributed by atoms with E-state index < -0.39 is 17.3 Å². The predicted molar refractivity (Wildman–Crippen MR) is 130 cm³/mol. The average Bonchev–Trinajstić information content (AvgIpc) is 3.15.